The maximum Gasteiger partial charge on any atom is 0.263 e. The summed E-state index contributed by atoms with van der Waals surface area (Å²) < 4.78 is 10.9. The van der Waals surface area contributed by atoms with Crippen LogP contribution in [0, 0.1) is 12.8 Å². The van der Waals surface area contributed by atoms with Crippen molar-refractivity contribution in [3.05, 3.63) is 72.1 Å². The third-order valence-corrected chi connectivity index (χ3v) is 5.84. The molecule has 6 nitrogen and oxygen atoms in total. The predicted octanol–water partition coefficient (Wildman–Crippen LogP) is 5.44. The van der Waals surface area contributed by atoms with Gasteiger partial charge in [0.1, 0.15) is 12.0 Å². The van der Waals surface area contributed by atoms with E-state index in [1.807, 2.05) is 36.5 Å². The molecule has 0 radical (unpaired) electrons. The van der Waals surface area contributed by atoms with E-state index in [0.29, 0.717) is 18.2 Å². The second-order valence-electron chi connectivity index (χ2n) is 8.29. The highest BCUT2D eigenvalue weighted by Crippen LogP contribution is 2.25. The Balaban J connectivity index is 1.16. The number of aromatic nitrogens is 2. The van der Waals surface area contributed by atoms with Gasteiger partial charge in [-0.1, -0.05) is 23.8 Å². The Morgan fingerprint density at radius 3 is 2.61 bits per heavy atom. The maximum absolute atomic E-state index is 12.0. The standard InChI is InChI=1S/C25H29N3O3/c1-19-5-8-22(9-6-19)31-24-10-7-21(17-27-24)18-28-14-11-20(12-15-28)3-2-4-23(29)25-26-13-16-30-25/h5-10,13,16-17,20H,2-4,11-12,14-15,18H2,1H3. The average molecular weight is 420 g/mol. The number of rotatable bonds is 9. The molecule has 0 unspecified atom stereocenters. The molecule has 1 aliphatic rings. The molecule has 0 aliphatic carbocycles. The van der Waals surface area contributed by atoms with E-state index < -0.39 is 0 Å². The van der Waals surface area contributed by atoms with Gasteiger partial charge in [0.25, 0.3) is 5.89 Å². The van der Waals surface area contributed by atoms with Gasteiger partial charge in [-0.2, -0.15) is 0 Å². The number of piperidine rings is 1. The van der Waals surface area contributed by atoms with Crippen LogP contribution in [0.25, 0.3) is 0 Å². The number of hydrogen-bond acceptors (Lipinski definition) is 6. The Morgan fingerprint density at radius 1 is 1.13 bits per heavy atom. The fourth-order valence-corrected chi connectivity index (χ4v) is 4.00. The van der Waals surface area contributed by atoms with Crippen molar-refractivity contribution in [1.29, 1.82) is 0 Å². The molecule has 0 bridgehead atoms. The largest absolute Gasteiger partial charge is 0.442 e. The van der Waals surface area contributed by atoms with Gasteiger partial charge in [-0.15, -0.1) is 0 Å². The van der Waals surface area contributed by atoms with E-state index in [1.165, 1.54) is 36.4 Å². The number of carbonyl (C=O) groups excluding carboxylic acids is 1. The van der Waals surface area contributed by atoms with Crippen LogP contribution < -0.4 is 4.74 Å². The van der Waals surface area contributed by atoms with Crippen molar-refractivity contribution < 1.29 is 13.9 Å². The second kappa shape index (κ2) is 10.4. The number of carbonyl (C=O) groups is 1. The summed E-state index contributed by atoms with van der Waals surface area (Å²) in [5, 5.41) is 0. The van der Waals surface area contributed by atoms with Crippen LogP contribution in [0.3, 0.4) is 0 Å². The number of Topliss-reactive ketones (excluding diaryl/α,β-unsaturated/α-hetero) is 1. The van der Waals surface area contributed by atoms with Crippen LogP contribution in [0.1, 0.15) is 53.9 Å². The van der Waals surface area contributed by atoms with Crippen LogP contribution in [0.2, 0.25) is 0 Å². The first-order valence-electron chi connectivity index (χ1n) is 11.0. The van der Waals surface area contributed by atoms with Gasteiger partial charge in [0.2, 0.25) is 11.7 Å². The summed E-state index contributed by atoms with van der Waals surface area (Å²) in [7, 11) is 0. The first-order valence-corrected chi connectivity index (χ1v) is 11.0. The Labute approximate surface area is 183 Å². The van der Waals surface area contributed by atoms with Crippen LogP contribution in [-0.2, 0) is 6.54 Å². The SMILES string of the molecule is Cc1ccc(Oc2ccc(CN3CCC(CCCC(=O)c4ncco4)CC3)cn2)cc1. The Hall–Kier alpha value is -2.99. The Kier molecular flexibility index (Phi) is 7.10. The van der Waals surface area contributed by atoms with Crippen molar-refractivity contribution in [2.45, 2.75) is 45.6 Å². The molecule has 0 atom stereocenters. The predicted molar refractivity (Wildman–Crippen MR) is 118 cm³/mol. The summed E-state index contributed by atoms with van der Waals surface area (Å²) in [6, 6.07) is 12.0. The molecule has 3 heterocycles. The molecule has 3 aromatic rings. The number of oxazole rings is 1. The quantitative estimate of drug-likeness (QED) is 0.431. The number of likely N-dealkylation sites (tertiary alicyclic amines) is 1. The molecule has 0 saturated carbocycles. The van der Waals surface area contributed by atoms with Gasteiger partial charge in [0.15, 0.2) is 0 Å². The molecule has 1 aromatic carbocycles. The molecular weight excluding hydrogens is 390 g/mol. The van der Waals surface area contributed by atoms with Crippen molar-refractivity contribution in [3.63, 3.8) is 0 Å². The summed E-state index contributed by atoms with van der Waals surface area (Å²) in [6.07, 6.45) is 9.73. The molecule has 2 aromatic heterocycles. The van der Waals surface area contributed by atoms with Gasteiger partial charge in [0, 0.05) is 25.2 Å². The number of hydrogen-bond donors (Lipinski definition) is 0. The molecule has 31 heavy (non-hydrogen) atoms. The van der Waals surface area contributed by atoms with E-state index >= 15 is 0 Å². The molecule has 162 valence electrons. The van der Waals surface area contributed by atoms with Crippen molar-refractivity contribution in [3.8, 4) is 11.6 Å². The zero-order valence-corrected chi connectivity index (χ0v) is 18.0. The van der Waals surface area contributed by atoms with Gasteiger partial charge < -0.3 is 9.15 Å². The Morgan fingerprint density at radius 2 is 1.94 bits per heavy atom. The molecule has 6 heteroatoms. The lowest BCUT2D eigenvalue weighted by Gasteiger charge is -2.31. The molecule has 0 amide bonds. The smallest absolute Gasteiger partial charge is 0.263 e. The monoisotopic (exact) mass is 419 g/mol. The minimum absolute atomic E-state index is 0.00439. The van der Waals surface area contributed by atoms with Gasteiger partial charge in [-0.3, -0.25) is 9.69 Å². The van der Waals surface area contributed by atoms with E-state index in [9.17, 15) is 4.79 Å². The van der Waals surface area contributed by atoms with Crippen LogP contribution in [0.15, 0.2) is 59.5 Å². The normalized spacial score (nSPS) is 15.1. The number of benzene rings is 1. The number of pyridine rings is 1. The fourth-order valence-electron chi connectivity index (χ4n) is 4.00. The van der Waals surface area contributed by atoms with E-state index in [1.54, 1.807) is 0 Å². The highest BCUT2D eigenvalue weighted by molar-refractivity contribution is 5.91. The van der Waals surface area contributed by atoms with E-state index in [2.05, 4.69) is 27.9 Å². The van der Waals surface area contributed by atoms with Crippen molar-refractivity contribution in [2.75, 3.05) is 13.1 Å². The van der Waals surface area contributed by atoms with E-state index in [0.717, 1.165) is 38.2 Å². The summed E-state index contributed by atoms with van der Waals surface area (Å²) >= 11 is 0. The highest BCUT2D eigenvalue weighted by Gasteiger charge is 2.20. The molecule has 4 rings (SSSR count). The summed E-state index contributed by atoms with van der Waals surface area (Å²) in [5.74, 6) is 2.35. The van der Waals surface area contributed by atoms with Gasteiger partial charge in [0.05, 0.1) is 6.20 Å². The van der Waals surface area contributed by atoms with Crippen LogP contribution in [0.4, 0.5) is 0 Å². The lowest BCUT2D eigenvalue weighted by atomic mass is 9.91. The summed E-state index contributed by atoms with van der Waals surface area (Å²) in [4.78, 5) is 22.8. The van der Waals surface area contributed by atoms with Crippen LogP contribution in [-0.4, -0.2) is 33.7 Å². The molecule has 1 saturated heterocycles. The lowest BCUT2D eigenvalue weighted by Crippen LogP contribution is -2.33. The number of ether oxygens (including phenoxy) is 1. The molecular formula is C25H29N3O3. The first-order chi connectivity index (χ1) is 15.2. The Bertz CT molecular complexity index is 945. The minimum Gasteiger partial charge on any atom is -0.442 e. The van der Waals surface area contributed by atoms with Crippen LogP contribution in [0.5, 0.6) is 11.6 Å². The molecule has 1 aliphatic heterocycles. The minimum atomic E-state index is 0.00439. The molecule has 1 fully saturated rings. The maximum atomic E-state index is 12.0. The van der Waals surface area contributed by atoms with Gasteiger partial charge in [-0.05, 0) is 69.3 Å². The molecule has 0 N–H and O–H groups in total. The number of nitrogens with zero attached hydrogens (tertiary/aromatic N) is 3. The topological polar surface area (TPSA) is 68.5 Å². The number of ketones is 1. The van der Waals surface area contributed by atoms with Crippen molar-refractivity contribution in [1.82, 2.24) is 14.9 Å². The van der Waals surface area contributed by atoms with E-state index in [-0.39, 0.29) is 11.7 Å². The zero-order valence-electron chi connectivity index (χ0n) is 18.0. The first kappa shape index (κ1) is 21.2. The van der Waals surface area contributed by atoms with Crippen molar-refractivity contribution in [2.24, 2.45) is 5.92 Å². The number of aryl methyl sites for hydroxylation is 1. The third kappa shape index (κ3) is 6.25. The third-order valence-electron chi connectivity index (χ3n) is 5.84. The van der Waals surface area contributed by atoms with Gasteiger partial charge in [-0.25, -0.2) is 9.97 Å². The van der Waals surface area contributed by atoms with E-state index in [4.69, 9.17) is 9.15 Å². The van der Waals surface area contributed by atoms with Crippen LogP contribution >= 0.6 is 0 Å². The van der Waals surface area contributed by atoms with Crippen molar-refractivity contribution >= 4 is 5.78 Å². The zero-order chi connectivity index (χ0) is 21.5. The molecule has 0 spiro atoms. The highest BCUT2D eigenvalue weighted by atomic mass is 16.5. The van der Waals surface area contributed by atoms with Gasteiger partial charge >= 0.3 is 0 Å². The summed E-state index contributed by atoms with van der Waals surface area (Å²) in [6.45, 7) is 5.13. The second-order valence-corrected chi connectivity index (χ2v) is 8.29. The lowest BCUT2D eigenvalue weighted by molar-refractivity contribution is 0.0940. The summed E-state index contributed by atoms with van der Waals surface area (Å²) in [5.41, 5.74) is 2.41. The average Bonchev–Trinajstić information content (AvgIpc) is 3.33. The fraction of sp³-hybridized carbons (Fsp3) is 0.400.